The highest BCUT2D eigenvalue weighted by atomic mass is 79.9. The highest BCUT2D eigenvalue weighted by Gasteiger charge is 2.11. The van der Waals surface area contributed by atoms with Crippen LogP contribution in [0.3, 0.4) is 0 Å². The van der Waals surface area contributed by atoms with E-state index in [0.29, 0.717) is 0 Å². The molecule has 2 rings (SSSR count). The molecule has 2 nitrogen and oxygen atoms in total. The average molecular weight is 333 g/mol. The second-order valence-electron chi connectivity index (χ2n) is 4.90. The summed E-state index contributed by atoms with van der Waals surface area (Å²) in [6, 6.07) is 15.2. The van der Waals surface area contributed by atoms with E-state index in [1.54, 1.807) is 0 Å². The number of nitrogens with zero attached hydrogens (tertiary/aromatic N) is 1. The van der Waals surface area contributed by atoms with Crippen molar-refractivity contribution in [1.29, 1.82) is 0 Å². The number of hydrogen-bond donors (Lipinski definition) is 1. The molecule has 0 aliphatic heterocycles. The van der Waals surface area contributed by atoms with E-state index < -0.39 is 0 Å². The van der Waals surface area contributed by atoms with Crippen LogP contribution >= 0.6 is 15.9 Å². The third kappa shape index (κ3) is 3.41. The minimum Gasteiger partial charge on any atom is -0.341 e. The maximum Gasteiger partial charge on any atom is 0.0555 e. The van der Waals surface area contributed by atoms with Crippen molar-refractivity contribution in [1.82, 2.24) is 5.32 Å². The fourth-order valence-corrected chi connectivity index (χ4v) is 3.01. The molecule has 3 heteroatoms. The molecule has 2 aromatic carbocycles. The number of hydrogen-bond acceptors (Lipinski definition) is 2. The van der Waals surface area contributed by atoms with Gasteiger partial charge in [-0.3, -0.25) is 0 Å². The van der Waals surface area contributed by atoms with E-state index in [1.807, 2.05) is 7.05 Å². The zero-order chi connectivity index (χ0) is 14.5. The van der Waals surface area contributed by atoms with Gasteiger partial charge in [-0.25, -0.2) is 0 Å². The third-order valence-corrected chi connectivity index (χ3v) is 3.95. The van der Waals surface area contributed by atoms with E-state index in [-0.39, 0.29) is 0 Å². The summed E-state index contributed by atoms with van der Waals surface area (Å²) in [5.74, 6) is 0. The molecule has 0 saturated carbocycles. The molecule has 106 valence electrons. The molecule has 0 saturated heterocycles. The van der Waals surface area contributed by atoms with E-state index in [2.05, 4.69) is 82.5 Å². The lowest BCUT2D eigenvalue weighted by Crippen LogP contribution is -2.17. The van der Waals surface area contributed by atoms with Gasteiger partial charge in [0.1, 0.15) is 0 Å². The Morgan fingerprint density at radius 1 is 1.15 bits per heavy atom. The zero-order valence-electron chi connectivity index (χ0n) is 12.3. The first-order valence-electron chi connectivity index (χ1n) is 6.93. The van der Waals surface area contributed by atoms with E-state index in [9.17, 15) is 0 Å². The van der Waals surface area contributed by atoms with Gasteiger partial charge in [0.15, 0.2) is 0 Å². The minimum absolute atomic E-state index is 0.884. The van der Waals surface area contributed by atoms with E-state index in [4.69, 9.17) is 0 Å². The van der Waals surface area contributed by atoms with Crippen LogP contribution in [0.15, 0.2) is 46.9 Å². The van der Waals surface area contributed by atoms with Gasteiger partial charge in [-0.05, 0) is 72.2 Å². The van der Waals surface area contributed by atoms with Crippen LogP contribution in [0, 0.1) is 6.92 Å². The molecule has 0 radical (unpaired) electrons. The summed E-state index contributed by atoms with van der Waals surface area (Å²) >= 11 is 3.70. The molecule has 0 aliphatic carbocycles. The summed E-state index contributed by atoms with van der Waals surface area (Å²) < 4.78 is 1.13. The zero-order valence-corrected chi connectivity index (χ0v) is 13.9. The Kier molecular flexibility index (Phi) is 5.21. The molecule has 1 N–H and O–H groups in total. The monoisotopic (exact) mass is 332 g/mol. The quantitative estimate of drug-likeness (QED) is 0.858. The molecule has 0 amide bonds. The molecule has 20 heavy (non-hydrogen) atoms. The van der Waals surface area contributed by atoms with Crippen LogP contribution in [-0.2, 0) is 6.54 Å². The number of benzene rings is 2. The lowest BCUT2D eigenvalue weighted by atomic mass is 10.1. The van der Waals surface area contributed by atoms with Crippen molar-refractivity contribution in [2.24, 2.45) is 0 Å². The van der Waals surface area contributed by atoms with Crippen LogP contribution in [0.5, 0.6) is 0 Å². The fraction of sp³-hybridized carbons (Fsp3) is 0.294. The van der Waals surface area contributed by atoms with Gasteiger partial charge in [0.2, 0.25) is 0 Å². The number of aryl methyl sites for hydroxylation is 1. The first-order valence-corrected chi connectivity index (χ1v) is 7.72. The average Bonchev–Trinajstić information content (AvgIpc) is 2.42. The van der Waals surface area contributed by atoms with Crippen molar-refractivity contribution in [2.75, 3.05) is 18.5 Å². The van der Waals surface area contributed by atoms with E-state index >= 15 is 0 Å². The molecule has 0 heterocycles. The molecule has 2 aromatic rings. The smallest absolute Gasteiger partial charge is 0.0555 e. The van der Waals surface area contributed by atoms with Crippen LogP contribution in [0.4, 0.5) is 11.4 Å². The molecule has 0 aliphatic rings. The molecule has 0 spiro atoms. The van der Waals surface area contributed by atoms with Crippen LogP contribution in [0.2, 0.25) is 0 Å². The second kappa shape index (κ2) is 6.91. The Morgan fingerprint density at radius 3 is 2.55 bits per heavy atom. The van der Waals surface area contributed by atoms with E-state index in [0.717, 1.165) is 17.6 Å². The predicted molar refractivity (Wildman–Crippen MR) is 90.8 cm³/mol. The molecular formula is C17H21BrN2. The Morgan fingerprint density at radius 2 is 1.95 bits per heavy atom. The van der Waals surface area contributed by atoms with Crippen molar-refractivity contribution in [2.45, 2.75) is 20.4 Å². The molecule has 0 unspecified atom stereocenters. The standard InChI is InChI=1S/C17H21BrN2/c1-4-20(15-7-5-6-13(2)10-15)17-9-8-14(12-19-3)11-16(17)18/h5-11,19H,4,12H2,1-3H3. The van der Waals surface area contributed by atoms with Gasteiger partial charge >= 0.3 is 0 Å². The van der Waals surface area contributed by atoms with Gasteiger partial charge in [-0.15, -0.1) is 0 Å². The van der Waals surface area contributed by atoms with Gasteiger partial charge < -0.3 is 10.2 Å². The van der Waals surface area contributed by atoms with Gasteiger partial charge in [0.05, 0.1) is 5.69 Å². The molecule has 0 bridgehead atoms. The van der Waals surface area contributed by atoms with Crippen molar-refractivity contribution in [3.63, 3.8) is 0 Å². The third-order valence-electron chi connectivity index (χ3n) is 3.31. The molecule has 0 atom stereocenters. The largest absolute Gasteiger partial charge is 0.341 e. The summed E-state index contributed by atoms with van der Waals surface area (Å²) in [7, 11) is 1.97. The van der Waals surface area contributed by atoms with Crippen LogP contribution in [-0.4, -0.2) is 13.6 Å². The highest BCUT2D eigenvalue weighted by molar-refractivity contribution is 9.10. The Balaban J connectivity index is 2.37. The SMILES string of the molecule is CCN(c1cccc(C)c1)c1ccc(CNC)cc1Br. The predicted octanol–water partition coefficient (Wildman–Crippen LogP) is 4.63. The lowest BCUT2D eigenvalue weighted by Gasteiger charge is -2.25. The minimum atomic E-state index is 0.884. The topological polar surface area (TPSA) is 15.3 Å². The number of rotatable bonds is 5. The first-order chi connectivity index (χ1) is 9.65. The van der Waals surface area contributed by atoms with Crippen LogP contribution in [0.1, 0.15) is 18.1 Å². The number of halogens is 1. The Hall–Kier alpha value is -1.32. The van der Waals surface area contributed by atoms with Gasteiger partial charge in [-0.1, -0.05) is 18.2 Å². The molecule has 0 fully saturated rings. The van der Waals surface area contributed by atoms with Crippen molar-refractivity contribution in [3.8, 4) is 0 Å². The Bertz CT molecular complexity index is 581. The van der Waals surface area contributed by atoms with E-state index in [1.165, 1.54) is 22.5 Å². The maximum absolute atomic E-state index is 3.70. The molecular weight excluding hydrogens is 312 g/mol. The normalized spacial score (nSPS) is 10.6. The van der Waals surface area contributed by atoms with Gasteiger partial charge in [0.25, 0.3) is 0 Å². The van der Waals surface area contributed by atoms with Gasteiger partial charge in [-0.2, -0.15) is 0 Å². The number of anilines is 2. The lowest BCUT2D eigenvalue weighted by molar-refractivity contribution is 0.817. The highest BCUT2D eigenvalue weighted by Crippen LogP contribution is 2.33. The maximum atomic E-state index is 3.70. The second-order valence-corrected chi connectivity index (χ2v) is 5.75. The summed E-state index contributed by atoms with van der Waals surface area (Å²) in [5, 5.41) is 3.18. The van der Waals surface area contributed by atoms with Crippen molar-refractivity contribution in [3.05, 3.63) is 58.1 Å². The summed E-state index contributed by atoms with van der Waals surface area (Å²) in [4.78, 5) is 2.32. The van der Waals surface area contributed by atoms with Crippen LogP contribution in [0.25, 0.3) is 0 Å². The summed E-state index contributed by atoms with van der Waals surface area (Å²) in [6.07, 6.45) is 0. The van der Waals surface area contributed by atoms with Gasteiger partial charge in [0, 0.05) is 23.2 Å². The Labute approximate surface area is 129 Å². The first kappa shape index (κ1) is 15.1. The fourth-order valence-electron chi connectivity index (χ4n) is 2.37. The van der Waals surface area contributed by atoms with Crippen LogP contribution < -0.4 is 10.2 Å². The van der Waals surface area contributed by atoms with Crippen molar-refractivity contribution >= 4 is 27.3 Å². The molecule has 0 aromatic heterocycles. The number of nitrogens with one attached hydrogen (secondary N) is 1. The van der Waals surface area contributed by atoms with Crippen molar-refractivity contribution < 1.29 is 0 Å². The summed E-state index contributed by atoms with van der Waals surface area (Å²) in [5.41, 5.74) is 5.00. The summed E-state index contributed by atoms with van der Waals surface area (Å²) in [6.45, 7) is 6.13.